The Labute approximate surface area is 257 Å². The van der Waals surface area contributed by atoms with E-state index in [9.17, 15) is 0 Å². The van der Waals surface area contributed by atoms with Gasteiger partial charge in [0, 0.05) is 33.8 Å². The van der Waals surface area contributed by atoms with Crippen LogP contribution in [-0.4, -0.2) is 18.9 Å². The van der Waals surface area contributed by atoms with Gasteiger partial charge in [0.05, 0.1) is 27.6 Å². The molecule has 210 valence electrons. The number of hydrogen-bond acceptors (Lipinski definition) is 3. The van der Waals surface area contributed by atoms with Crippen LogP contribution in [0, 0.1) is 0 Å². The molecule has 45 heavy (non-hydrogen) atoms. The van der Waals surface area contributed by atoms with Crippen molar-refractivity contribution < 1.29 is 4.74 Å². The summed E-state index contributed by atoms with van der Waals surface area (Å²) in [6.07, 6.45) is 1.83. The predicted molar refractivity (Wildman–Crippen MR) is 184 cm³/mol. The second kappa shape index (κ2) is 9.15. The van der Waals surface area contributed by atoms with Crippen molar-refractivity contribution in [2.75, 3.05) is 0 Å². The van der Waals surface area contributed by atoms with E-state index in [2.05, 4.69) is 123 Å². The molecule has 4 heterocycles. The molecule has 0 saturated heterocycles. The van der Waals surface area contributed by atoms with Crippen LogP contribution in [0.2, 0.25) is 0 Å². The first-order valence-corrected chi connectivity index (χ1v) is 15.1. The summed E-state index contributed by atoms with van der Waals surface area (Å²) in [4.78, 5) is 9.80. The lowest BCUT2D eigenvalue weighted by molar-refractivity contribution is 0.484. The van der Waals surface area contributed by atoms with Crippen molar-refractivity contribution in [2.24, 2.45) is 0 Å². The van der Waals surface area contributed by atoms with E-state index in [-0.39, 0.29) is 0 Å². The highest BCUT2D eigenvalue weighted by Gasteiger charge is 2.17. The SMILES string of the molecule is c1ccc(-n2c3ccccc3c3ccc(Oc4ccc5c6cc7ccccc7cc6n6c7ccccc7nc6c5c4)cc32)nc1. The Morgan fingerprint density at radius 2 is 1.18 bits per heavy atom. The molecular formula is C40H24N4O. The summed E-state index contributed by atoms with van der Waals surface area (Å²) in [6, 6.07) is 48.6. The number of aromatic nitrogens is 4. The zero-order valence-electron chi connectivity index (χ0n) is 24.1. The van der Waals surface area contributed by atoms with Crippen LogP contribution in [0.1, 0.15) is 0 Å². The Morgan fingerprint density at radius 3 is 2.04 bits per heavy atom. The van der Waals surface area contributed by atoms with Gasteiger partial charge in [-0.3, -0.25) is 8.97 Å². The van der Waals surface area contributed by atoms with E-state index in [1.54, 1.807) is 0 Å². The third kappa shape index (κ3) is 3.55. The van der Waals surface area contributed by atoms with Gasteiger partial charge in [0.15, 0.2) is 0 Å². The van der Waals surface area contributed by atoms with E-state index in [0.717, 1.165) is 66.7 Å². The number of para-hydroxylation sites is 3. The molecular weight excluding hydrogens is 552 g/mol. The van der Waals surface area contributed by atoms with Gasteiger partial charge < -0.3 is 4.74 Å². The maximum atomic E-state index is 6.62. The smallest absolute Gasteiger partial charge is 0.146 e. The fraction of sp³-hybridized carbons (Fsp3) is 0. The molecule has 0 aliphatic rings. The molecule has 0 amide bonds. The quantitative estimate of drug-likeness (QED) is 0.155. The van der Waals surface area contributed by atoms with Crippen LogP contribution in [0.4, 0.5) is 0 Å². The van der Waals surface area contributed by atoms with Crippen LogP contribution >= 0.6 is 0 Å². The van der Waals surface area contributed by atoms with E-state index >= 15 is 0 Å². The van der Waals surface area contributed by atoms with Gasteiger partial charge in [0.2, 0.25) is 0 Å². The van der Waals surface area contributed by atoms with Crippen molar-refractivity contribution in [3.8, 4) is 17.3 Å². The third-order valence-electron chi connectivity index (χ3n) is 8.95. The molecule has 0 atom stereocenters. The average Bonchev–Trinajstić information content (AvgIpc) is 3.64. The van der Waals surface area contributed by atoms with Crippen molar-refractivity contribution in [3.05, 3.63) is 146 Å². The van der Waals surface area contributed by atoms with Crippen LogP contribution in [0.25, 0.3) is 76.8 Å². The molecule has 5 heteroatoms. The first kappa shape index (κ1) is 24.3. The molecule has 0 aliphatic carbocycles. The molecule has 0 bridgehead atoms. The van der Waals surface area contributed by atoms with E-state index in [1.807, 2.05) is 36.5 Å². The molecule has 0 saturated carbocycles. The minimum Gasteiger partial charge on any atom is -0.457 e. The highest BCUT2D eigenvalue weighted by Crippen LogP contribution is 2.38. The van der Waals surface area contributed by atoms with Gasteiger partial charge in [-0.15, -0.1) is 0 Å². The van der Waals surface area contributed by atoms with E-state index in [1.165, 1.54) is 21.5 Å². The summed E-state index contributed by atoms with van der Waals surface area (Å²) in [6.45, 7) is 0. The summed E-state index contributed by atoms with van der Waals surface area (Å²) in [5.41, 5.74) is 6.29. The van der Waals surface area contributed by atoms with Gasteiger partial charge >= 0.3 is 0 Å². The summed E-state index contributed by atoms with van der Waals surface area (Å²) >= 11 is 0. The van der Waals surface area contributed by atoms with Gasteiger partial charge in [-0.25, -0.2) is 9.97 Å². The Hall–Kier alpha value is -6.20. The Kier molecular flexibility index (Phi) is 4.93. The highest BCUT2D eigenvalue weighted by molar-refractivity contribution is 6.17. The fourth-order valence-electron chi connectivity index (χ4n) is 6.97. The van der Waals surface area contributed by atoms with Gasteiger partial charge in [-0.1, -0.05) is 60.7 Å². The number of hydrogen-bond donors (Lipinski definition) is 0. The van der Waals surface area contributed by atoms with Gasteiger partial charge in [0.1, 0.15) is 23.0 Å². The number of imidazole rings is 1. The number of benzene rings is 6. The van der Waals surface area contributed by atoms with E-state index < -0.39 is 0 Å². The molecule has 0 unspecified atom stereocenters. The van der Waals surface area contributed by atoms with Crippen LogP contribution in [0.5, 0.6) is 11.5 Å². The predicted octanol–water partition coefficient (Wildman–Crippen LogP) is 10.2. The second-order valence-electron chi connectivity index (χ2n) is 11.5. The monoisotopic (exact) mass is 576 g/mol. The van der Waals surface area contributed by atoms with Crippen LogP contribution in [0.15, 0.2) is 146 Å². The number of rotatable bonds is 3. The zero-order chi connectivity index (χ0) is 29.5. The second-order valence-corrected chi connectivity index (χ2v) is 11.5. The van der Waals surface area contributed by atoms with Crippen molar-refractivity contribution in [2.45, 2.75) is 0 Å². The van der Waals surface area contributed by atoms with E-state index in [0.29, 0.717) is 0 Å². The molecule has 0 spiro atoms. The zero-order valence-corrected chi connectivity index (χ0v) is 24.1. The minimum atomic E-state index is 0.761. The standard InChI is InChI=1S/C40H24N4O/c1-2-10-26-22-37-32(21-25(26)9-1)29-18-16-27(23-33(29)40-42-34-12-4-6-14-36(34)44(37)40)45-28-17-19-31-30-11-3-5-13-35(30)43(38(31)24-28)39-15-7-8-20-41-39/h1-24H. The Balaban J connectivity index is 1.19. The molecule has 6 aromatic carbocycles. The van der Waals surface area contributed by atoms with Crippen LogP contribution in [0.3, 0.4) is 0 Å². The minimum absolute atomic E-state index is 0.761. The molecule has 10 rings (SSSR count). The molecule has 5 nitrogen and oxygen atoms in total. The van der Waals surface area contributed by atoms with Gasteiger partial charge in [-0.2, -0.15) is 0 Å². The largest absolute Gasteiger partial charge is 0.457 e. The average molecular weight is 577 g/mol. The lowest BCUT2D eigenvalue weighted by atomic mass is 10.0. The van der Waals surface area contributed by atoms with Gasteiger partial charge in [-0.05, 0) is 89.0 Å². The van der Waals surface area contributed by atoms with E-state index in [4.69, 9.17) is 9.72 Å². The molecule has 0 aliphatic heterocycles. The maximum absolute atomic E-state index is 6.62. The lowest BCUT2D eigenvalue weighted by Gasteiger charge is -2.13. The van der Waals surface area contributed by atoms with Gasteiger partial charge in [0.25, 0.3) is 0 Å². The number of nitrogens with zero attached hydrogens (tertiary/aromatic N) is 4. The molecule has 0 fully saturated rings. The number of pyridine rings is 2. The van der Waals surface area contributed by atoms with Crippen molar-refractivity contribution in [1.29, 1.82) is 0 Å². The fourth-order valence-corrected chi connectivity index (χ4v) is 6.97. The summed E-state index contributed by atoms with van der Waals surface area (Å²) in [7, 11) is 0. The maximum Gasteiger partial charge on any atom is 0.146 e. The number of ether oxygens (including phenoxy) is 1. The first-order chi connectivity index (χ1) is 22.3. The van der Waals surface area contributed by atoms with Crippen LogP contribution in [-0.2, 0) is 0 Å². The normalized spacial score (nSPS) is 12.0. The topological polar surface area (TPSA) is 44.4 Å². The first-order valence-electron chi connectivity index (χ1n) is 15.1. The third-order valence-corrected chi connectivity index (χ3v) is 8.95. The van der Waals surface area contributed by atoms with Crippen molar-refractivity contribution >= 4 is 70.9 Å². The summed E-state index contributed by atoms with van der Waals surface area (Å²) in [5.74, 6) is 2.40. The Morgan fingerprint density at radius 1 is 0.467 bits per heavy atom. The number of fused-ring (bicyclic) bond motifs is 12. The summed E-state index contributed by atoms with van der Waals surface area (Å²) < 4.78 is 11.1. The molecule has 0 N–H and O–H groups in total. The van der Waals surface area contributed by atoms with Crippen LogP contribution < -0.4 is 4.74 Å². The molecule has 0 radical (unpaired) electrons. The summed E-state index contributed by atoms with van der Waals surface area (Å²) in [5, 5.41) is 8.16. The highest BCUT2D eigenvalue weighted by atomic mass is 16.5. The van der Waals surface area contributed by atoms with Crippen molar-refractivity contribution in [1.82, 2.24) is 18.9 Å². The Bertz CT molecular complexity index is 2790. The van der Waals surface area contributed by atoms with Crippen molar-refractivity contribution in [3.63, 3.8) is 0 Å². The molecule has 10 aromatic rings. The lowest BCUT2D eigenvalue weighted by Crippen LogP contribution is -1.96. The molecule has 4 aromatic heterocycles.